The van der Waals surface area contributed by atoms with E-state index in [1.165, 1.54) is 6.26 Å². The molecule has 0 aliphatic carbocycles. The van der Waals surface area contributed by atoms with Crippen LogP contribution < -0.4 is 15.1 Å². The molecule has 1 aromatic rings. The van der Waals surface area contributed by atoms with Crippen LogP contribution in [-0.4, -0.2) is 61.9 Å². The summed E-state index contributed by atoms with van der Waals surface area (Å²) in [5.41, 5.74) is 0.643. The van der Waals surface area contributed by atoms with E-state index in [-0.39, 0.29) is 18.5 Å². The largest absolute Gasteiger partial charge is 0.501 e. The molecule has 25 heavy (non-hydrogen) atoms. The van der Waals surface area contributed by atoms with Crippen LogP contribution in [0.2, 0.25) is 0 Å². The summed E-state index contributed by atoms with van der Waals surface area (Å²) in [4.78, 5) is 24.6. The first-order chi connectivity index (χ1) is 12.0. The minimum Gasteiger partial charge on any atom is -0.501 e. The Hall–Kier alpha value is -2.38. The average Bonchev–Trinajstić information content (AvgIpc) is 3.01. The Kier molecular flexibility index (Phi) is 5.35. The van der Waals surface area contributed by atoms with Crippen LogP contribution in [0.25, 0.3) is 0 Å². The number of ether oxygens (including phenoxy) is 1. The van der Waals surface area contributed by atoms with Gasteiger partial charge in [0, 0.05) is 33.3 Å². The lowest BCUT2D eigenvalue weighted by atomic mass is 10.1. The number of alkyl halides is 1. The molecule has 3 heterocycles. The maximum absolute atomic E-state index is 14.0. The number of nitrogens with one attached hydrogen (secondary N) is 1. The van der Waals surface area contributed by atoms with Crippen molar-refractivity contribution in [1.82, 2.24) is 15.3 Å². The van der Waals surface area contributed by atoms with Gasteiger partial charge in [-0.05, 0) is 18.9 Å². The van der Waals surface area contributed by atoms with Crippen LogP contribution in [-0.2, 0) is 9.53 Å². The van der Waals surface area contributed by atoms with Crippen molar-refractivity contribution in [3.05, 3.63) is 24.1 Å². The van der Waals surface area contributed by atoms with E-state index >= 15 is 0 Å². The number of anilines is 2. The number of nitrogens with zero attached hydrogens (tertiary/aromatic N) is 4. The normalized spacial score (nSPS) is 23.0. The van der Waals surface area contributed by atoms with Gasteiger partial charge in [0.1, 0.15) is 12.0 Å². The lowest BCUT2D eigenvalue weighted by Crippen LogP contribution is -2.41. The van der Waals surface area contributed by atoms with Gasteiger partial charge in [0.2, 0.25) is 11.9 Å². The molecule has 0 aromatic carbocycles. The molecular formula is C17H24FN5O2. The number of halogens is 1. The summed E-state index contributed by atoms with van der Waals surface area (Å²) < 4.78 is 19.2. The third-order valence-electron chi connectivity index (χ3n) is 4.41. The third-order valence-corrected chi connectivity index (χ3v) is 4.41. The van der Waals surface area contributed by atoms with Gasteiger partial charge in [0.25, 0.3) is 0 Å². The van der Waals surface area contributed by atoms with E-state index in [1.54, 1.807) is 17.2 Å². The zero-order valence-corrected chi connectivity index (χ0v) is 14.6. The van der Waals surface area contributed by atoms with E-state index in [2.05, 4.69) is 15.3 Å². The first-order valence-corrected chi connectivity index (χ1v) is 8.54. The summed E-state index contributed by atoms with van der Waals surface area (Å²) in [6.07, 6.45) is 4.19. The summed E-state index contributed by atoms with van der Waals surface area (Å²) in [7, 11) is 3.72. The van der Waals surface area contributed by atoms with E-state index in [0.29, 0.717) is 43.3 Å². The molecule has 2 aliphatic rings. The van der Waals surface area contributed by atoms with Crippen molar-refractivity contribution in [2.45, 2.75) is 31.5 Å². The lowest BCUT2D eigenvalue weighted by Gasteiger charge is -2.26. The van der Waals surface area contributed by atoms with Crippen molar-refractivity contribution in [3.8, 4) is 0 Å². The molecule has 0 spiro atoms. The number of carbonyl (C=O) groups is 1. The van der Waals surface area contributed by atoms with Gasteiger partial charge in [-0.25, -0.2) is 9.37 Å². The van der Waals surface area contributed by atoms with E-state index < -0.39 is 6.17 Å². The minimum absolute atomic E-state index is 0.131. The van der Waals surface area contributed by atoms with E-state index in [1.807, 2.05) is 19.0 Å². The molecule has 0 unspecified atom stereocenters. The van der Waals surface area contributed by atoms with Crippen LogP contribution >= 0.6 is 0 Å². The number of hydrogen-bond acceptors (Lipinski definition) is 6. The Bertz CT molecular complexity index is 652. The standard InChI is InChI=1S/C17H24FN5O2/c1-22(2)17-19-6-5-15(21-17)23-10-13(18)8-14(23)9-20-16(24)12-4-3-7-25-11-12/h5-6,11,13-14H,3-4,7-10H2,1-2H3,(H,20,24)/t13-,14-/m0/s1. The molecule has 0 radical (unpaired) electrons. The van der Waals surface area contributed by atoms with Crippen LogP contribution in [0.15, 0.2) is 24.1 Å². The van der Waals surface area contributed by atoms with Crippen molar-refractivity contribution in [1.29, 1.82) is 0 Å². The fraction of sp³-hybridized carbons (Fsp3) is 0.588. The molecular weight excluding hydrogens is 325 g/mol. The highest BCUT2D eigenvalue weighted by atomic mass is 19.1. The SMILES string of the molecule is CN(C)c1nccc(N2C[C@@H](F)C[C@H]2CNC(=O)C2=COCCC2)n1. The van der Waals surface area contributed by atoms with Crippen LogP contribution in [0.1, 0.15) is 19.3 Å². The van der Waals surface area contributed by atoms with Crippen LogP contribution in [0.3, 0.4) is 0 Å². The highest BCUT2D eigenvalue weighted by Crippen LogP contribution is 2.26. The number of hydrogen-bond donors (Lipinski definition) is 1. The Morgan fingerprint density at radius 3 is 3.08 bits per heavy atom. The number of aromatic nitrogens is 2. The molecule has 1 amide bonds. The van der Waals surface area contributed by atoms with Gasteiger partial charge in [0.05, 0.1) is 31.0 Å². The smallest absolute Gasteiger partial charge is 0.250 e. The average molecular weight is 349 g/mol. The van der Waals surface area contributed by atoms with Gasteiger partial charge in [-0.2, -0.15) is 4.98 Å². The number of rotatable bonds is 5. The summed E-state index contributed by atoms with van der Waals surface area (Å²) >= 11 is 0. The van der Waals surface area contributed by atoms with Crippen molar-refractivity contribution in [3.63, 3.8) is 0 Å². The van der Waals surface area contributed by atoms with E-state index in [0.717, 1.165) is 6.42 Å². The Labute approximate surface area is 146 Å². The van der Waals surface area contributed by atoms with Crippen molar-refractivity contribution in [2.75, 3.05) is 43.6 Å². The highest BCUT2D eigenvalue weighted by Gasteiger charge is 2.33. The van der Waals surface area contributed by atoms with Gasteiger partial charge in [-0.3, -0.25) is 4.79 Å². The topological polar surface area (TPSA) is 70.6 Å². The van der Waals surface area contributed by atoms with Crippen LogP contribution in [0, 0.1) is 0 Å². The van der Waals surface area contributed by atoms with Gasteiger partial charge >= 0.3 is 0 Å². The maximum atomic E-state index is 14.0. The van der Waals surface area contributed by atoms with Gasteiger partial charge < -0.3 is 19.9 Å². The summed E-state index contributed by atoms with van der Waals surface area (Å²) in [6, 6.07) is 1.64. The molecule has 3 rings (SSSR count). The van der Waals surface area contributed by atoms with Crippen molar-refractivity contribution < 1.29 is 13.9 Å². The zero-order valence-electron chi connectivity index (χ0n) is 14.6. The van der Waals surface area contributed by atoms with E-state index in [9.17, 15) is 9.18 Å². The molecule has 0 bridgehead atoms. The molecule has 8 heteroatoms. The first kappa shape index (κ1) is 17.4. The monoisotopic (exact) mass is 349 g/mol. The predicted molar refractivity (Wildman–Crippen MR) is 93.3 cm³/mol. The fourth-order valence-electron chi connectivity index (χ4n) is 3.10. The predicted octanol–water partition coefficient (Wildman–Crippen LogP) is 1.27. The van der Waals surface area contributed by atoms with Crippen LogP contribution in [0.4, 0.5) is 16.2 Å². The molecule has 1 saturated heterocycles. The van der Waals surface area contributed by atoms with Crippen molar-refractivity contribution >= 4 is 17.7 Å². The van der Waals surface area contributed by atoms with Gasteiger partial charge in [0.15, 0.2) is 0 Å². The second kappa shape index (κ2) is 7.67. The molecule has 2 aliphatic heterocycles. The Balaban J connectivity index is 1.66. The third kappa shape index (κ3) is 4.18. The van der Waals surface area contributed by atoms with Gasteiger partial charge in [-0.15, -0.1) is 0 Å². The molecule has 1 aromatic heterocycles. The summed E-state index contributed by atoms with van der Waals surface area (Å²) in [5, 5.41) is 2.90. The van der Waals surface area contributed by atoms with E-state index in [4.69, 9.17) is 4.74 Å². The second-order valence-corrected chi connectivity index (χ2v) is 6.58. The molecule has 136 valence electrons. The summed E-state index contributed by atoms with van der Waals surface area (Å²) in [6.45, 7) is 1.30. The quantitative estimate of drug-likeness (QED) is 0.863. The van der Waals surface area contributed by atoms with Gasteiger partial charge in [-0.1, -0.05) is 0 Å². The maximum Gasteiger partial charge on any atom is 0.250 e. The molecule has 1 N–H and O–H groups in total. The van der Waals surface area contributed by atoms with Crippen LogP contribution in [0.5, 0.6) is 0 Å². The molecule has 0 saturated carbocycles. The first-order valence-electron chi connectivity index (χ1n) is 8.54. The molecule has 2 atom stereocenters. The minimum atomic E-state index is -0.933. The molecule has 1 fully saturated rings. The zero-order chi connectivity index (χ0) is 17.8. The number of carbonyl (C=O) groups excluding carboxylic acids is 1. The Morgan fingerprint density at radius 2 is 2.36 bits per heavy atom. The Morgan fingerprint density at radius 1 is 1.52 bits per heavy atom. The fourth-order valence-corrected chi connectivity index (χ4v) is 3.10. The molecule has 7 nitrogen and oxygen atoms in total. The second-order valence-electron chi connectivity index (χ2n) is 6.58. The lowest BCUT2D eigenvalue weighted by molar-refractivity contribution is -0.118. The number of amides is 1. The highest BCUT2D eigenvalue weighted by molar-refractivity contribution is 5.93. The van der Waals surface area contributed by atoms with Crippen molar-refractivity contribution in [2.24, 2.45) is 0 Å². The summed E-state index contributed by atoms with van der Waals surface area (Å²) in [5.74, 6) is 1.11.